The quantitative estimate of drug-likeness (QED) is 0.556. The minimum Gasteiger partial charge on any atom is -0.312 e. The molecular formula is C26H29F3N2O. The van der Waals surface area contributed by atoms with E-state index in [1.165, 1.54) is 11.6 Å². The maximum absolute atomic E-state index is 13.5. The van der Waals surface area contributed by atoms with E-state index >= 15 is 0 Å². The lowest BCUT2D eigenvalue weighted by atomic mass is 9.72. The minimum atomic E-state index is -4.46. The zero-order chi connectivity index (χ0) is 23.1. The molecule has 0 atom stereocenters. The number of alkyl halides is 3. The third-order valence-electron chi connectivity index (χ3n) is 6.88. The molecule has 1 saturated carbocycles. The number of rotatable bonds is 4. The average molecular weight is 443 g/mol. The van der Waals surface area contributed by atoms with Gasteiger partial charge in [-0.1, -0.05) is 55.8 Å². The summed E-state index contributed by atoms with van der Waals surface area (Å²) in [5, 5.41) is 0. The Bertz CT molecular complexity index is 1030. The molecule has 0 radical (unpaired) electrons. The molecule has 32 heavy (non-hydrogen) atoms. The van der Waals surface area contributed by atoms with Crippen molar-refractivity contribution in [3.8, 4) is 0 Å². The number of carbonyl (C=O) groups excluding carboxylic acids is 1. The fraction of sp³-hybridized carbons (Fsp3) is 0.462. The molecule has 6 heteroatoms. The molecule has 2 aliphatic rings. The molecule has 0 saturated heterocycles. The summed E-state index contributed by atoms with van der Waals surface area (Å²) in [6.45, 7) is 6.95. The van der Waals surface area contributed by atoms with Crippen LogP contribution in [0.15, 0.2) is 53.5 Å². The molecule has 1 aliphatic carbocycles. The van der Waals surface area contributed by atoms with Crippen molar-refractivity contribution in [2.75, 3.05) is 6.54 Å². The van der Waals surface area contributed by atoms with Crippen molar-refractivity contribution in [3.05, 3.63) is 70.8 Å². The average Bonchev–Trinajstić information content (AvgIpc) is 3.01. The van der Waals surface area contributed by atoms with Gasteiger partial charge in [0.25, 0.3) is 5.91 Å². The van der Waals surface area contributed by atoms with Crippen molar-refractivity contribution in [1.29, 1.82) is 0 Å². The standard InChI is InChI=1S/C26H29F3N2O/c1-18-7-9-19(10-8-18)11-16-31-23(32)22(20-5-4-6-21(17-20)26(27,28)29)30-25(31)14-12-24(2,3)13-15-25/h4-10,17H,11-16H2,1-3H3. The summed E-state index contributed by atoms with van der Waals surface area (Å²) < 4.78 is 39.8. The van der Waals surface area contributed by atoms with E-state index in [-0.39, 0.29) is 22.6 Å². The Morgan fingerprint density at radius 3 is 2.28 bits per heavy atom. The van der Waals surface area contributed by atoms with Crippen molar-refractivity contribution in [1.82, 2.24) is 4.90 Å². The van der Waals surface area contributed by atoms with Crippen molar-refractivity contribution in [3.63, 3.8) is 0 Å². The van der Waals surface area contributed by atoms with Gasteiger partial charge >= 0.3 is 6.18 Å². The Labute approximate surface area is 187 Å². The monoisotopic (exact) mass is 442 g/mol. The third-order valence-corrected chi connectivity index (χ3v) is 6.88. The van der Waals surface area contributed by atoms with E-state index in [4.69, 9.17) is 4.99 Å². The second-order valence-electron chi connectivity index (χ2n) is 9.88. The van der Waals surface area contributed by atoms with E-state index in [0.717, 1.165) is 43.4 Å². The molecule has 0 unspecified atom stereocenters. The normalized spacial score (nSPS) is 20.0. The topological polar surface area (TPSA) is 32.7 Å². The third kappa shape index (κ3) is 4.45. The predicted molar refractivity (Wildman–Crippen MR) is 120 cm³/mol. The number of aryl methyl sites for hydroxylation is 1. The lowest BCUT2D eigenvalue weighted by Crippen LogP contribution is -2.50. The Balaban J connectivity index is 1.66. The first kappa shape index (κ1) is 22.6. The maximum atomic E-state index is 13.5. The van der Waals surface area contributed by atoms with Crippen LogP contribution in [-0.2, 0) is 17.4 Å². The summed E-state index contributed by atoms with van der Waals surface area (Å²) in [7, 11) is 0. The molecule has 1 heterocycles. The van der Waals surface area contributed by atoms with E-state index in [0.29, 0.717) is 13.0 Å². The van der Waals surface area contributed by atoms with Crippen LogP contribution in [0.3, 0.4) is 0 Å². The van der Waals surface area contributed by atoms with Gasteiger partial charge in [-0.25, -0.2) is 0 Å². The van der Waals surface area contributed by atoms with Gasteiger partial charge in [0.05, 0.1) is 5.56 Å². The second-order valence-corrected chi connectivity index (χ2v) is 9.88. The van der Waals surface area contributed by atoms with Gasteiger partial charge in [0, 0.05) is 12.1 Å². The van der Waals surface area contributed by atoms with E-state index in [1.54, 1.807) is 6.07 Å². The van der Waals surface area contributed by atoms with Gasteiger partial charge in [0.15, 0.2) is 0 Å². The predicted octanol–water partition coefficient (Wildman–Crippen LogP) is 6.18. The van der Waals surface area contributed by atoms with Crippen molar-refractivity contribution < 1.29 is 18.0 Å². The van der Waals surface area contributed by atoms with Crippen molar-refractivity contribution in [2.24, 2.45) is 10.4 Å². The lowest BCUT2D eigenvalue weighted by Gasteiger charge is -2.44. The number of halogens is 3. The highest BCUT2D eigenvalue weighted by molar-refractivity contribution is 6.46. The molecular weight excluding hydrogens is 413 g/mol. The molecule has 1 amide bonds. The molecule has 1 spiro atoms. The summed E-state index contributed by atoms with van der Waals surface area (Å²) in [6.07, 6.45) is -0.496. The van der Waals surface area contributed by atoms with Gasteiger partial charge in [-0.05, 0) is 62.1 Å². The lowest BCUT2D eigenvalue weighted by molar-refractivity contribution is -0.137. The highest BCUT2D eigenvalue weighted by Gasteiger charge is 2.50. The molecule has 1 fully saturated rings. The highest BCUT2D eigenvalue weighted by atomic mass is 19.4. The summed E-state index contributed by atoms with van der Waals surface area (Å²) in [4.78, 5) is 20.2. The first-order valence-corrected chi connectivity index (χ1v) is 11.1. The Hall–Kier alpha value is -2.63. The van der Waals surface area contributed by atoms with Crippen molar-refractivity contribution >= 4 is 11.6 Å². The fourth-order valence-corrected chi connectivity index (χ4v) is 4.68. The van der Waals surface area contributed by atoms with Crippen LogP contribution >= 0.6 is 0 Å². The number of carbonyl (C=O) groups is 1. The van der Waals surface area contributed by atoms with Crippen LogP contribution in [-0.4, -0.2) is 28.7 Å². The van der Waals surface area contributed by atoms with Crippen LogP contribution in [0.25, 0.3) is 0 Å². The van der Waals surface area contributed by atoms with E-state index in [2.05, 4.69) is 26.0 Å². The minimum absolute atomic E-state index is 0.153. The number of hydrogen-bond acceptors (Lipinski definition) is 2. The highest BCUT2D eigenvalue weighted by Crippen LogP contribution is 2.46. The van der Waals surface area contributed by atoms with Crippen molar-refractivity contribution in [2.45, 2.75) is 64.7 Å². The van der Waals surface area contributed by atoms with Gasteiger partial charge in [0.2, 0.25) is 0 Å². The molecule has 0 bridgehead atoms. The smallest absolute Gasteiger partial charge is 0.312 e. The Morgan fingerprint density at radius 2 is 1.66 bits per heavy atom. The Morgan fingerprint density at radius 1 is 1.00 bits per heavy atom. The van der Waals surface area contributed by atoms with Gasteiger partial charge in [0.1, 0.15) is 11.4 Å². The molecule has 0 aromatic heterocycles. The largest absolute Gasteiger partial charge is 0.416 e. The molecule has 2 aromatic carbocycles. The van der Waals surface area contributed by atoms with E-state index < -0.39 is 17.4 Å². The maximum Gasteiger partial charge on any atom is 0.416 e. The van der Waals surface area contributed by atoms with Crippen LogP contribution in [0, 0.1) is 12.3 Å². The molecule has 2 aromatic rings. The van der Waals surface area contributed by atoms with Gasteiger partial charge in [-0.2, -0.15) is 13.2 Å². The van der Waals surface area contributed by atoms with Crippen LogP contribution in [0.4, 0.5) is 13.2 Å². The van der Waals surface area contributed by atoms with Crippen LogP contribution < -0.4 is 0 Å². The molecule has 3 nitrogen and oxygen atoms in total. The van der Waals surface area contributed by atoms with Gasteiger partial charge in [-0.15, -0.1) is 0 Å². The molecule has 170 valence electrons. The van der Waals surface area contributed by atoms with Gasteiger partial charge in [-0.3, -0.25) is 9.79 Å². The number of aliphatic imine (C=N–C) groups is 1. The summed E-state index contributed by atoms with van der Waals surface area (Å²) in [5.41, 5.74) is 1.44. The summed E-state index contributed by atoms with van der Waals surface area (Å²) in [5.74, 6) is -0.267. The zero-order valence-corrected chi connectivity index (χ0v) is 18.8. The van der Waals surface area contributed by atoms with E-state index in [1.807, 2.05) is 24.0 Å². The number of benzene rings is 2. The Kier molecular flexibility index (Phi) is 5.68. The zero-order valence-electron chi connectivity index (χ0n) is 18.8. The molecule has 1 aliphatic heterocycles. The number of amides is 1. The van der Waals surface area contributed by atoms with Crippen LogP contribution in [0.2, 0.25) is 0 Å². The second kappa shape index (κ2) is 8.05. The first-order valence-electron chi connectivity index (χ1n) is 11.1. The van der Waals surface area contributed by atoms with Crippen LogP contribution in [0.1, 0.15) is 61.8 Å². The number of nitrogens with zero attached hydrogens (tertiary/aromatic N) is 2. The van der Waals surface area contributed by atoms with Crippen LogP contribution in [0.5, 0.6) is 0 Å². The van der Waals surface area contributed by atoms with Gasteiger partial charge < -0.3 is 4.90 Å². The van der Waals surface area contributed by atoms with E-state index in [9.17, 15) is 18.0 Å². The first-order chi connectivity index (χ1) is 15.0. The molecule has 0 N–H and O–H groups in total. The molecule has 4 rings (SSSR count). The summed E-state index contributed by atoms with van der Waals surface area (Å²) >= 11 is 0. The fourth-order valence-electron chi connectivity index (χ4n) is 4.68. The SMILES string of the molecule is Cc1ccc(CCN2C(=O)C(c3cccc(C(F)(F)F)c3)=NC23CCC(C)(C)CC3)cc1. The number of hydrogen-bond donors (Lipinski definition) is 0. The summed E-state index contributed by atoms with van der Waals surface area (Å²) in [6, 6.07) is 13.2.